The summed E-state index contributed by atoms with van der Waals surface area (Å²) in [4.78, 5) is 39.7. The van der Waals surface area contributed by atoms with E-state index in [1.807, 2.05) is 27.7 Å². The van der Waals surface area contributed by atoms with Crippen LogP contribution in [-0.2, 0) is 14.4 Å². The van der Waals surface area contributed by atoms with E-state index in [4.69, 9.17) is 4.74 Å². The second-order valence-corrected chi connectivity index (χ2v) is 7.63. The van der Waals surface area contributed by atoms with E-state index in [2.05, 4.69) is 10.6 Å². The normalized spacial score (nSPS) is 11.1. The van der Waals surface area contributed by atoms with Gasteiger partial charge in [0.15, 0.2) is 0 Å². The minimum absolute atomic E-state index is 0.0241. The van der Waals surface area contributed by atoms with Crippen LogP contribution in [0.2, 0.25) is 0 Å². The summed E-state index contributed by atoms with van der Waals surface area (Å²) in [6, 6.07) is 7.07. The first-order chi connectivity index (χ1) is 13.0. The van der Waals surface area contributed by atoms with Gasteiger partial charge in [0.05, 0.1) is 26.7 Å². The Morgan fingerprint density at radius 3 is 2.32 bits per heavy atom. The molecule has 0 bridgehead atoms. The number of rotatable bonds is 9. The molecular weight excluding hydrogens is 360 g/mol. The fraction of sp³-hybridized carbons (Fsp3) is 0.550. The van der Waals surface area contributed by atoms with E-state index in [1.165, 1.54) is 4.90 Å². The maximum atomic E-state index is 12.4. The molecule has 0 aliphatic carbocycles. The third-order valence-electron chi connectivity index (χ3n) is 3.85. The van der Waals surface area contributed by atoms with Crippen molar-refractivity contribution in [2.75, 3.05) is 45.7 Å². The largest absolute Gasteiger partial charge is 0.497 e. The lowest BCUT2D eigenvalue weighted by Gasteiger charge is -2.25. The molecular formula is C20H32N4O4. The molecule has 0 saturated carbocycles. The van der Waals surface area contributed by atoms with Crippen LogP contribution in [0.15, 0.2) is 24.3 Å². The molecule has 2 N–H and O–H groups in total. The van der Waals surface area contributed by atoms with Crippen LogP contribution < -0.4 is 15.4 Å². The quantitative estimate of drug-likeness (QED) is 0.662. The van der Waals surface area contributed by atoms with Gasteiger partial charge in [-0.1, -0.05) is 13.0 Å². The smallest absolute Gasteiger partial charge is 0.240 e. The molecule has 1 aromatic carbocycles. The highest BCUT2D eigenvalue weighted by molar-refractivity contribution is 5.93. The van der Waals surface area contributed by atoms with Crippen molar-refractivity contribution >= 4 is 23.4 Å². The summed E-state index contributed by atoms with van der Waals surface area (Å²) in [7, 11) is 3.14. The summed E-state index contributed by atoms with van der Waals surface area (Å²) in [5, 5.41) is 5.61. The Hall–Kier alpha value is -2.61. The number of likely N-dealkylation sites (N-methyl/N-ethyl adjacent to an activating group) is 2. The Kier molecular flexibility index (Phi) is 8.91. The van der Waals surface area contributed by atoms with Crippen molar-refractivity contribution < 1.29 is 19.1 Å². The standard InChI is InChI=1S/C20H32N4O4/c1-7-24(13-17(25)21-15-9-8-10-16(11-15)28-6)14-19(27)23(5)12-18(26)22-20(2,3)4/h8-11H,7,12-14H2,1-6H3,(H,21,25)(H,22,26). The molecule has 1 aromatic rings. The maximum Gasteiger partial charge on any atom is 0.240 e. The van der Waals surface area contributed by atoms with Crippen LogP contribution in [0.4, 0.5) is 5.69 Å². The van der Waals surface area contributed by atoms with Gasteiger partial charge in [-0.2, -0.15) is 0 Å². The molecule has 8 heteroatoms. The predicted octanol–water partition coefficient (Wildman–Crippen LogP) is 1.33. The van der Waals surface area contributed by atoms with Crippen LogP contribution in [-0.4, -0.2) is 73.4 Å². The van der Waals surface area contributed by atoms with Crippen molar-refractivity contribution in [1.29, 1.82) is 0 Å². The lowest BCUT2D eigenvalue weighted by Crippen LogP contribution is -2.48. The van der Waals surface area contributed by atoms with E-state index in [0.29, 0.717) is 18.0 Å². The number of benzene rings is 1. The van der Waals surface area contributed by atoms with E-state index in [-0.39, 0.29) is 42.9 Å². The van der Waals surface area contributed by atoms with Crippen LogP contribution in [0.25, 0.3) is 0 Å². The van der Waals surface area contributed by atoms with E-state index in [0.717, 1.165) is 0 Å². The number of hydrogen-bond acceptors (Lipinski definition) is 5. The maximum absolute atomic E-state index is 12.4. The van der Waals surface area contributed by atoms with Crippen LogP contribution in [0.5, 0.6) is 5.75 Å². The Bertz CT molecular complexity index is 685. The molecule has 0 aliphatic rings. The average Bonchev–Trinajstić information content (AvgIpc) is 2.59. The molecule has 0 spiro atoms. The van der Waals surface area contributed by atoms with Gasteiger partial charge in [-0.3, -0.25) is 19.3 Å². The summed E-state index contributed by atoms with van der Waals surface area (Å²) < 4.78 is 5.13. The third-order valence-corrected chi connectivity index (χ3v) is 3.85. The number of carbonyl (C=O) groups excluding carboxylic acids is 3. The fourth-order valence-corrected chi connectivity index (χ4v) is 2.46. The number of amides is 3. The lowest BCUT2D eigenvalue weighted by atomic mass is 10.1. The highest BCUT2D eigenvalue weighted by atomic mass is 16.5. The number of anilines is 1. The highest BCUT2D eigenvalue weighted by Gasteiger charge is 2.20. The first kappa shape index (κ1) is 23.4. The predicted molar refractivity (Wildman–Crippen MR) is 109 cm³/mol. The monoisotopic (exact) mass is 392 g/mol. The van der Waals surface area contributed by atoms with Crippen LogP contribution in [0.3, 0.4) is 0 Å². The zero-order valence-corrected chi connectivity index (χ0v) is 17.7. The number of methoxy groups -OCH3 is 1. The van der Waals surface area contributed by atoms with Crippen LogP contribution >= 0.6 is 0 Å². The molecule has 1 rings (SSSR count). The first-order valence-corrected chi connectivity index (χ1v) is 9.25. The summed E-state index contributed by atoms with van der Waals surface area (Å²) in [5.41, 5.74) is 0.275. The van der Waals surface area contributed by atoms with Crippen molar-refractivity contribution in [3.05, 3.63) is 24.3 Å². The second kappa shape index (κ2) is 10.7. The topological polar surface area (TPSA) is 91.0 Å². The molecule has 0 atom stereocenters. The SMILES string of the molecule is CCN(CC(=O)Nc1cccc(OC)c1)CC(=O)N(C)CC(=O)NC(C)(C)C. The van der Waals surface area contributed by atoms with Crippen molar-refractivity contribution in [3.8, 4) is 5.75 Å². The molecule has 8 nitrogen and oxygen atoms in total. The minimum atomic E-state index is -0.353. The van der Waals surface area contributed by atoms with Crippen molar-refractivity contribution in [2.24, 2.45) is 0 Å². The van der Waals surface area contributed by atoms with E-state index >= 15 is 0 Å². The molecule has 28 heavy (non-hydrogen) atoms. The van der Waals surface area contributed by atoms with Gasteiger partial charge in [-0.25, -0.2) is 0 Å². The van der Waals surface area contributed by atoms with Gasteiger partial charge in [0, 0.05) is 24.3 Å². The fourth-order valence-electron chi connectivity index (χ4n) is 2.46. The van der Waals surface area contributed by atoms with Gasteiger partial charge < -0.3 is 20.3 Å². The Morgan fingerprint density at radius 2 is 1.75 bits per heavy atom. The van der Waals surface area contributed by atoms with Gasteiger partial charge in [-0.15, -0.1) is 0 Å². The number of hydrogen-bond donors (Lipinski definition) is 2. The van der Waals surface area contributed by atoms with Gasteiger partial charge in [0.2, 0.25) is 17.7 Å². The Labute approximate surface area is 167 Å². The zero-order valence-electron chi connectivity index (χ0n) is 17.7. The minimum Gasteiger partial charge on any atom is -0.497 e. The molecule has 0 radical (unpaired) electrons. The van der Waals surface area contributed by atoms with Crippen LogP contribution in [0.1, 0.15) is 27.7 Å². The molecule has 0 heterocycles. The molecule has 0 fully saturated rings. The van der Waals surface area contributed by atoms with E-state index < -0.39 is 0 Å². The Balaban J connectivity index is 2.54. The van der Waals surface area contributed by atoms with Crippen molar-refractivity contribution in [3.63, 3.8) is 0 Å². The summed E-state index contributed by atoms with van der Waals surface area (Å²) in [6.45, 7) is 8.15. The van der Waals surface area contributed by atoms with Gasteiger partial charge in [0.25, 0.3) is 0 Å². The molecule has 0 aromatic heterocycles. The van der Waals surface area contributed by atoms with Crippen molar-refractivity contribution in [2.45, 2.75) is 33.2 Å². The van der Waals surface area contributed by atoms with Crippen molar-refractivity contribution in [1.82, 2.24) is 15.1 Å². The third kappa shape index (κ3) is 8.85. The van der Waals surface area contributed by atoms with E-state index in [1.54, 1.807) is 43.3 Å². The lowest BCUT2D eigenvalue weighted by molar-refractivity contribution is -0.136. The van der Waals surface area contributed by atoms with Gasteiger partial charge in [-0.05, 0) is 39.4 Å². The summed E-state index contributed by atoms with van der Waals surface area (Å²) in [5.74, 6) is -0.0197. The van der Waals surface area contributed by atoms with Gasteiger partial charge >= 0.3 is 0 Å². The molecule has 0 aliphatic heterocycles. The van der Waals surface area contributed by atoms with E-state index in [9.17, 15) is 14.4 Å². The molecule has 0 unspecified atom stereocenters. The Morgan fingerprint density at radius 1 is 1.07 bits per heavy atom. The van der Waals surface area contributed by atoms with Crippen LogP contribution in [0, 0.1) is 0 Å². The number of carbonyl (C=O) groups is 3. The molecule has 3 amide bonds. The highest BCUT2D eigenvalue weighted by Crippen LogP contribution is 2.16. The summed E-state index contributed by atoms with van der Waals surface area (Å²) >= 11 is 0. The zero-order chi connectivity index (χ0) is 21.3. The number of nitrogens with zero attached hydrogens (tertiary/aromatic N) is 2. The number of ether oxygens (including phenoxy) is 1. The van der Waals surface area contributed by atoms with Gasteiger partial charge in [0.1, 0.15) is 5.75 Å². The number of nitrogens with one attached hydrogen (secondary N) is 2. The first-order valence-electron chi connectivity index (χ1n) is 9.25. The second-order valence-electron chi connectivity index (χ2n) is 7.63. The molecule has 0 saturated heterocycles. The average molecular weight is 393 g/mol. The summed E-state index contributed by atoms with van der Waals surface area (Å²) in [6.07, 6.45) is 0. The molecule has 156 valence electrons.